The van der Waals surface area contributed by atoms with Crippen molar-refractivity contribution < 1.29 is 45.1 Å². The summed E-state index contributed by atoms with van der Waals surface area (Å²) in [5.41, 5.74) is 1.10. The molecule has 314 valence electrons. The SMILES string of the molecule is C=C(C)C(=O)OCCC[Si](C)(O[Si](C)(C)C)[Si](O[Si](C)(C)C)([Si](C)(CCCOC(=O)C(=C)C)O[Si](C)(C)C)[Si](C)(CCCOC(=O)C(=C)C)O[Si](C)(C)C. The third kappa shape index (κ3) is 17.4. The maximum atomic E-state index is 12.5. The van der Waals surface area contributed by atoms with E-state index in [0.29, 0.717) is 54.1 Å². The van der Waals surface area contributed by atoms with Crippen molar-refractivity contribution in [2.24, 2.45) is 0 Å². The van der Waals surface area contributed by atoms with Crippen LogP contribution in [-0.2, 0) is 45.1 Å². The van der Waals surface area contributed by atoms with Crippen LogP contribution in [0.25, 0.3) is 0 Å². The zero-order valence-electron chi connectivity index (χ0n) is 37.6. The zero-order chi connectivity index (χ0) is 42.8. The number of carbonyl (C=O) groups is 3. The van der Waals surface area contributed by atoms with E-state index in [4.69, 9.17) is 30.7 Å². The Morgan fingerprint density at radius 3 is 0.759 bits per heavy atom. The predicted octanol–water partition coefficient (Wildman–Crippen LogP) is 9.83. The highest BCUT2D eigenvalue weighted by atomic mass is 30.0. The molecule has 10 nitrogen and oxygen atoms in total. The molecule has 0 bridgehead atoms. The van der Waals surface area contributed by atoms with E-state index < -0.39 is 81.6 Å². The lowest BCUT2D eigenvalue weighted by atomic mass is 10.4. The Bertz CT molecular complexity index is 1190. The van der Waals surface area contributed by atoms with Crippen LogP contribution in [-0.4, -0.2) is 101 Å². The highest BCUT2D eigenvalue weighted by Crippen LogP contribution is 2.49. The Balaban J connectivity index is 8.39. The van der Waals surface area contributed by atoms with Crippen LogP contribution in [0.4, 0.5) is 0 Å². The van der Waals surface area contributed by atoms with Gasteiger partial charge in [-0.05, 0) is 156 Å². The summed E-state index contributed by atoms with van der Waals surface area (Å²) in [4.78, 5) is 37.6. The van der Waals surface area contributed by atoms with Crippen LogP contribution in [0, 0.1) is 0 Å². The first-order chi connectivity index (χ1) is 24.1. The van der Waals surface area contributed by atoms with E-state index in [1.807, 2.05) is 0 Å². The molecule has 0 spiro atoms. The van der Waals surface area contributed by atoms with E-state index in [0.717, 1.165) is 0 Å². The lowest BCUT2D eigenvalue weighted by molar-refractivity contribution is -0.139. The third-order valence-corrected chi connectivity index (χ3v) is 83.0. The number of esters is 3. The average molecular weight is 896 g/mol. The normalized spacial score (nSPS) is 17.2. The summed E-state index contributed by atoms with van der Waals surface area (Å²) < 4.78 is 48.7. The smallest absolute Gasteiger partial charge is 0.333 e. The largest absolute Gasteiger partial charge is 0.462 e. The van der Waals surface area contributed by atoms with Gasteiger partial charge < -0.3 is 30.7 Å². The van der Waals surface area contributed by atoms with Crippen LogP contribution in [0.1, 0.15) is 40.0 Å². The van der Waals surface area contributed by atoms with E-state index in [1.165, 1.54) is 0 Å². The first kappa shape index (κ1) is 53.2. The second-order valence-corrected chi connectivity index (χ2v) is 70.1. The minimum atomic E-state index is -3.38. The first-order valence-corrected chi connectivity index (χ1v) is 45.7. The second kappa shape index (κ2) is 20.8. The van der Waals surface area contributed by atoms with Crippen LogP contribution >= 0.6 is 0 Å². The van der Waals surface area contributed by atoms with Gasteiger partial charge in [-0.1, -0.05) is 19.7 Å². The van der Waals surface area contributed by atoms with Crippen LogP contribution in [0.2, 0.25) is 116 Å². The molecule has 0 amide bonds. The molecule has 0 aromatic heterocycles. The lowest BCUT2D eigenvalue weighted by Crippen LogP contribution is -2.93. The molecule has 0 aromatic rings. The zero-order valence-corrected chi connectivity index (χ0v) is 45.6. The van der Waals surface area contributed by atoms with Gasteiger partial charge in [-0.3, -0.25) is 0 Å². The quantitative estimate of drug-likeness (QED) is 0.0273. The van der Waals surface area contributed by atoms with Crippen molar-refractivity contribution >= 4 is 81.6 Å². The van der Waals surface area contributed by atoms with Crippen LogP contribution < -0.4 is 0 Å². The van der Waals surface area contributed by atoms with Crippen molar-refractivity contribution in [2.45, 2.75) is 156 Å². The summed E-state index contributed by atoms with van der Waals surface area (Å²) in [5.74, 6) is -1.20. The van der Waals surface area contributed by atoms with Crippen molar-refractivity contribution in [2.75, 3.05) is 19.8 Å². The van der Waals surface area contributed by atoms with Crippen molar-refractivity contribution in [1.29, 1.82) is 0 Å². The third-order valence-electron chi connectivity index (χ3n) is 8.43. The number of rotatable bonds is 26. The lowest BCUT2D eigenvalue weighted by Gasteiger charge is -2.64. The van der Waals surface area contributed by atoms with Gasteiger partial charge in [0.1, 0.15) is 0 Å². The molecule has 0 saturated carbocycles. The molecule has 0 saturated heterocycles. The molecule has 0 radical (unpaired) electrons. The molecule has 0 rings (SSSR count). The van der Waals surface area contributed by atoms with Gasteiger partial charge in [-0.25, -0.2) is 14.4 Å². The number of hydrogen-bond donors (Lipinski definition) is 0. The minimum Gasteiger partial charge on any atom is -0.462 e. The van der Waals surface area contributed by atoms with E-state index >= 15 is 0 Å². The van der Waals surface area contributed by atoms with Crippen molar-refractivity contribution in [1.82, 2.24) is 0 Å². The van der Waals surface area contributed by atoms with Crippen molar-refractivity contribution in [3.05, 3.63) is 36.5 Å². The molecule has 0 heterocycles. The Hall–Kier alpha value is -0.795. The summed E-state index contributed by atoms with van der Waals surface area (Å²) in [7, 11) is -18.4. The summed E-state index contributed by atoms with van der Waals surface area (Å²) in [5, 5.41) is 0. The molecule has 0 aliphatic carbocycles. The van der Waals surface area contributed by atoms with E-state index in [1.54, 1.807) is 20.8 Å². The van der Waals surface area contributed by atoms with Crippen molar-refractivity contribution in [3.63, 3.8) is 0 Å². The summed E-state index contributed by atoms with van der Waals surface area (Å²) in [6.07, 6.45) is 1.83. The fourth-order valence-corrected chi connectivity index (χ4v) is 126. The van der Waals surface area contributed by atoms with Gasteiger partial charge in [0.25, 0.3) is 0 Å². The fourth-order valence-electron chi connectivity index (χ4n) is 7.48. The fraction of sp³-hybridized carbons (Fsp3) is 0.750. The molecule has 0 aliphatic rings. The highest BCUT2D eigenvalue weighted by Gasteiger charge is 2.78. The van der Waals surface area contributed by atoms with Gasteiger partial charge in [-0.2, -0.15) is 0 Å². The molecule has 0 N–H and O–H groups in total. The molecular weight excluding hydrogens is 817 g/mol. The van der Waals surface area contributed by atoms with E-state index in [9.17, 15) is 14.4 Å². The van der Waals surface area contributed by atoms with Gasteiger partial charge >= 0.3 is 17.9 Å². The summed E-state index contributed by atoms with van der Waals surface area (Å²) in [6, 6.07) is 2.13. The molecular formula is C36H78O10Si8. The maximum absolute atomic E-state index is 12.5. The Kier molecular flexibility index (Phi) is 20.5. The molecule has 18 heteroatoms. The first-order valence-electron chi connectivity index (χ1n) is 19.3. The molecule has 54 heavy (non-hydrogen) atoms. The molecule has 0 fully saturated rings. The standard InChI is InChI=1S/C36H78O10Si8/c1-31(2)34(37)40-25-22-28-51(19,43-47(7,8)9)54(46-50(16,17)18,52(20,44-48(10,11)12)29-23-26-41-35(38)32(3)4)53(21,45-49(13,14)15)30-24-27-42-36(39)33(5)6/h1,3,5,22-30H2,2,4,6-21H3. The van der Waals surface area contributed by atoms with Crippen LogP contribution in [0.15, 0.2) is 36.5 Å². The monoisotopic (exact) mass is 894 g/mol. The maximum Gasteiger partial charge on any atom is 0.333 e. The topological polar surface area (TPSA) is 116 Å². The Labute approximate surface area is 337 Å². The number of hydrogen-bond acceptors (Lipinski definition) is 10. The molecule has 0 aliphatic heterocycles. The number of carbonyl (C=O) groups excluding carboxylic acids is 3. The average Bonchev–Trinajstić information content (AvgIpc) is 2.94. The number of ether oxygens (including phenoxy) is 3. The van der Waals surface area contributed by atoms with Crippen LogP contribution in [0.5, 0.6) is 0 Å². The van der Waals surface area contributed by atoms with Gasteiger partial charge in [0.15, 0.2) is 56.8 Å². The predicted molar refractivity (Wildman–Crippen MR) is 244 cm³/mol. The molecule has 0 aromatic carbocycles. The Morgan fingerprint density at radius 2 is 0.593 bits per heavy atom. The van der Waals surface area contributed by atoms with Gasteiger partial charge in [0, 0.05) is 16.7 Å². The Morgan fingerprint density at radius 1 is 0.389 bits per heavy atom. The van der Waals surface area contributed by atoms with E-state index in [-0.39, 0.29) is 19.8 Å². The minimum absolute atomic E-state index is 0.245. The van der Waals surface area contributed by atoms with Gasteiger partial charge in [0.2, 0.25) is 6.87 Å². The molecule has 3 unspecified atom stereocenters. The summed E-state index contributed by atoms with van der Waals surface area (Å²) >= 11 is 0. The van der Waals surface area contributed by atoms with Crippen LogP contribution in [0.3, 0.4) is 0 Å². The van der Waals surface area contributed by atoms with E-state index in [2.05, 4.69) is 118 Å². The van der Waals surface area contributed by atoms with Gasteiger partial charge in [0.05, 0.1) is 19.8 Å². The summed E-state index contributed by atoms with van der Waals surface area (Å²) in [6.45, 7) is 47.8. The second-order valence-electron chi connectivity index (χ2n) is 19.3. The van der Waals surface area contributed by atoms with Crippen molar-refractivity contribution in [3.8, 4) is 0 Å². The molecule has 3 atom stereocenters. The highest BCUT2D eigenvalue weighted by molar-refractivity contribution is 7.86. The van der Waals surface area contributed by atoms with Gasteiger partial charge in [-0.15, -0.1) is 0 Å².